The summed E-state index contributed by atoms with van der Waals surface area (Å²) in [7, 11) is 0. The maximum absolute atomic E-state index is 13.9. The second kappa shape index (κ2) is 7.00. The lowest BCUT2D eigenvalue weighted by molar-refractivity contribution is -0.116. The summed E-state index contributed by atoms with van der Waals surface area (Å²) in [6, 6.07) is 3.58. The van der Waals surface area contributed by atoms with Crippen LogP contribution in [0.15, 0.2) is 18.2 Å². The van der Waals surface area contributed by atoms with Crippen LogP contribution < -0.4 is 4.90 Å². The number of hydrogen-bond donors (Lipinski definition) is 0. The quantitative estimate of drug-likeness (QED) is 0.353. The Morgan fingerprint density at radius 1 is 1.12 bits per heavy atom. The van der Waals surface area contributed by atoms with Gasteiger partial charge in [-0.05, 0) is 30.9 Å². The molecule has 1 heterocycles. The number of anilines is 1. The SMILES string of the molecule is O=C(CCl)N(Cc1c(F)cc(F)c(F)c1F)c1ccc2c(n1)CCC2. The van der Waals surface area contributed by atoms with Crippen molar-refractivity contribution >= 4 is 23.3 Å². The zero-order valence-corrected chi connectivity index (χ0v) is 13.7. The fourth-order valence-electron chi connectivity index (χ4n) is 2.84. The van der Waals surface area contributed by atoms with Crippen LogP contribution in [-0.2, 0) is 24.2 Å². The molecule has 1 aromatic heterocycles. The van der Waals surface area contributed by atoms with Gasteiger partial charge < -0.3 is 0 Å². The number of benzene rings is 1. The number of aromatic nitrogens is 1. The van der Waals surface area contributed by atoms with Crippen molar-refractivity contribution in [2.45, 2.75) is 25.8 Å². The first kappa shape index (κ1) is 17.7. The molecule has 132 valence electrons. The Balaban J connectivity index is 2.01. The van der Waals surface area contributed by atoms with Crippen LogP contribution in [0.5, 0.6) is 0 Å². The van der Waals surface area contributed by atoms with Gasteiger partial charge in [0.05, 0.1) is 6.54 Å². The van der Waals surface area contributed by atoms with Crippen molar-refractivity contribution in [3.63, 3.8) is 0 Å². The van der Waals surface area contributed by atoms with Crippen molar-refractivity contribution in [2.24, 2.45) is 0 Å². The Kier molecular flexibility index (Phi) is 4.94. The minimum Gasteiger partial charge on any atom is -0.291 e. The van der Waals surface area contributed by atoms with Crippen LogP contribution >= 0.6 is 11.6 Å². The van der Waals surface area contributed by atoms with Gasteiger partial charge in [0.1, 0.15) is 17.5 Å². The number of amides is 1. The zero-order valence-electron chi connectivity index (χ0n) is 13.0. The first-order valence-corrected chi connectivity index (χ1v) is 8.12. The summed E-state index contributed by atoms with van der Waals surface area (Å²) in [6.45, 7) is -0.647. The summed E-state index contributed by atoms with van der Waals surface area (Å²) >= 11 is 5.58. The van der Waals surface area contributed by atoms with Crippen molar-refractivity contribution in [1.29, 1.82) is 0 Å². The average Bonchev–Trinajstić information content (AvgIpc) is 3.07. The Morgan fingerprint density at radius 3 is 2.60 bits per heavy atom. The number of halogens is 5. The third-order valence-electron chi connectivity index (χ3n) is 4.13. The van der Waals surface area contributed by atoms with Gasteiger partial charge in [0.15, 0.2) is 17.5 Å². The first-order valence-electron chi connectivity index (χ1n) is 7.59. The van der Waals surface area contributed by atoms with E-state index in [4.69, 9.17) is 11.6 Å². The zero-order chi connectivity index (χ0) is 18.1. The van der Waals surface area contributed by atoms with E-state index >= 15 is 0 Å². The van der Waals surface area contributed by atoms with Gasteiger partial charge in [0, 0.05) is 17.3 Å². The normalized spacial score (nSPS) is 13.0. The number of aryl methyl sites for hydroxylation is 2. The number of nitrogens with zero attached hydrogens (tertiary/aromatic N) is 2. The van der Waals surface area contributed by atoms with Crippen LogP contribution in [0, 0.1) is 23.3 Å². The summed E-state index contributed by atoms with van der Waals surface area (Å²) < 4.78 is 54.4. The highest BCUT2D eigenvalue weighted by molar-refractivity contribution is 6.29. The Hall–Kier alpha value is -2.15. The molecule has 0 saturated carbocycles. The molecule has 1 aromatic carbocycles. The highest BCUT2D eigenvalue weighted by Crippen LogP contribution is 2.26. The highest BCUT2D eigenvalue weighted by atomic mass is 35.5. The van der Waals surface area contributed by atoms with Crippen molar-refractivity contribution in [3.8, 4) is 0 Å². The van der Waals surface area contributed by atoms with E-state index in [9.17, 15) is 22.4 Å². The third kappa shape index (κ3) is 3.33. The molecule has 0 fully saturated rings. The van der Waals surface area contributed by atoms with Crippen LogP contribution in [-0.4, -0.2) is 16.8 Å². The highest BCUT2D eigenvalue weighted by Gasteiger charge is 2.25. The standard InChI is InChI=1S/C17H13ClF4N2O/c18-7-15(25)24(14-5-4-9-2-1-3-13(9)23-14)8-10-11(19)6-12(20)17(22)16(10)21/h4-6H,1-3,7-8H2. The molecule has 1 aliphatic rings. The van der Waals surface area contributed by atoms with Crippen LogP contribution in [0.4, 0.5) is 23.4 Å². The lowest BCUT2D eigenvalue weighted by Crippen LogP contribution is -2.33. The minimum absolute atomic E-state index is 0.162. The van der Waals surface area contributed by atoms with Crippen LogP contribution in [0.2, 0.25) is 0 Å². The molecular formula is C17H13ClF4N2O. The molecule has 3 nitrogen and oxygen atoms in total. The molecule has 3 rings (SSSR count). The van der Waals surface area contributed by atoms with E-state index in [0.717, 1.165) is 35.4 Å². The Morgan fingerprint density at radius 2 is 1.88 bits per heavy atom. The van der Waals surface area contributed by atoms with E-state index in [0.29, 0.717) is 0 Å². The molecule has 0 N–H and O–H groups in total. The van der Waals surface area contributed by atoms with Gasteiger partial charge in [-0.1, -0.05) is 6.07 Å². The van der Waals surface area contributed by atoms with E-state index in [2.05, 4.69) is 4.98 Å². The van der Waals surface area contributed by atoms with Crippen LogP contribution in [0.25, 0.3) is 0 Å². The van der Waals surface area contributed by atoms with Crippen molar-refractivity contribution in [1.82, 2.24) is 4.98 Å². The smallest absolute Gasteiger partial charge is 0.243 e. The Labute approximate surface area is 146 Å². The van der Waals surface area contributed by atoms with Gasteiger partial charge in [-0.25, -0.2) is 22.5 Å². The van der Waals surface area contributed by atoms with E-state index in [1.807, 2.05) is 0 Å². The minimum atomic E-state index is -1.79. The van der Waals surface area contributed by atoms with Crippen LogP contribution in [0.1, 0.15) is 23.2 Å². The molecule has 0 bridgehead atoms. The van der Waals surface area contributed by atoms with Gasteiger partial charge in [-0.15, -0.1) is 11.6 Å². The summed E-state index contributed by atoms with van der Waals surface area (Å²) in [6.07, 6.45) is 2.54. The topological polar surface area (TPSA) is 33.2 Å². The van der Waals surface area contributed by atoms with Crippen molar-refractivity contribution in [3.05, 3.63) is 58.3 Å². The molecule has 0 aliphatic heterocycles. The van der Waals surface area contributed by atoms with Gasteiger partial charge in [-0.2, -0.15) is 0 Å². The summed E-state index contributed by atoms with van der Waals surface area (Å²) in [5.41, 5.74) is 1.09. The first-order chi connectivity index (χ1) is 11.9. The molecule has 0 spiro atoms. The number of pyridine rings is 1. The molecule has 2 aromatic rings. The average molecular weight is 373 g/mol. The second-order valence-corrected chi connectivity index (χ2v) is 5.96. The lowest BCUT2D eigenvalue weighted by atomic mass is 10.1. The summed E-state index contributed by atoms with van der Waals surface area (Å²) in [5.74, 6) is -7.34. The number of alkyl halides is 1. The maximum atomic E-state index is 13.9. The number of rotatable bonds is 4. The summed E-state index contributed by atoms with van der Waals surface area (Å²) in [4.78, 5) is 17.4. The third-order valence-corrected chi connectivity index (χ3v) is 4.36. The lowest BCUT2D eigenvalue weighted by Gasteiger charge is -2.22. The maximum Gasteiger partial charge on any atom is 0.243 e. The second-order valence-electron chi connectivity index (χ2n) is 5.69. The number of fused-ring (bicyclic) bond motifs is 1. The fourth-order valence-corrected chi connectivity index (χ4v) is 2.98. The largest absolute Gasteiger partial charge is 0.291 e. The molecule has 0 radical (unpaired) electrons. The molecule has 0 saturated heterocycles. The van der Waals surface area contributed by atoms with Crippen molar-refractivity contribution in [2.75, 3.05) is 10.8 Å². The monoisotopic (exact) mass is 372 g/mol. The van der Waals surface area contributed by atoms with E-state index in [-0.39, 0.29) is 11.9 Å². The van der Waals surface area contributed by atoms with E-state index < -0.39 is 47.2 Å². The van der Waals surface area contributed by atoms with Crippen molar-refractivity contribution < 1.29 is 22.4 Å². The molecule has 1 amide bonds. The van der Waals surface area contributed by atoms with Gasteiger partial charge in [0.2, 0.25) is 5.91 Å². The van der Waals surface area contributed by atoms with Gasteiger partial charge >= 0.3 is 0 Å². The van der Waals surface area contributed by atoms with Gasteiger partial charge in [0.25, 0.3) is 0 Å². The summed E-state index contributed by atoms with van der Waals surface area (Å²) in [5, 5.41) is 0. The predicted molar refractivity (Wildman–Crippen MR) is 84.4 cm³/mol. The Bertz CT molecular complexity index is 844. The molecule has 0 atom stereocenters. The van der Waals surface area contributed by atoms with E-state index in [1.165, 1.54) is 0 Å². The number of hydrogen-bond acceptors (Lipinski definition) is 2. The molecule has 25 heavy (non-hydrogen) atoms. The molecule has 1 aliphatic carbocycles. The number of carbonyl (C=O) groups is 1. The van der Waals surface area contributed by atoms with Gasteiger partial charge in [-0.3, -0.25) is 9.69 Å². The molecule has 0 unspecified atom stereocenters. The van der Waals surface area contributed by atoms with Crippen LogP contribution in [0.3, 0.4) is 0 Å². The fraction of sp³-hybridized carbons (Fsp3) is 0.294. The molecule has 8 heteroatoms. The van der Waals surface area contributed by atoms with E-state index in [1.54, 1.807) is 12.1 Å². The predicted octanol–water partition coefficient (Wildman–Crippen LogP) is 3.90. The number of carbonyl (C=O) groups excluding carboxylic acids is 1. The molecular weight excluding hydrogens is 360 g/mol.